The molecule has 0 saturated heterocycles. The molecule has 0 N–H and O–H groups in total. The van der Waals surface area contributed by atoms with Crippen molar-refractivity contribution in [1.29, 1.82) is 0 Å². The van der Waals surface area contributed by atoms with E-state index in [1.165, 1.54) is 63.9 Å². The Kier molecular flexibility index (Phi) is 12.1. The van der Waals surface area contributed by atoms with Gasteiger partial charge in [-0.1, -0.05) is 0 Å². The maximum absolute atomic E-state index is 6.66. The van der Waals surface area contributed by atoms with Crippen molar-refractivity contribution in [2.45, 2.75) is 0 Å². The predicted molar refractivity (Wildman–Crippen MR) is 300 cm³/mol. The summed E-state index contributed by atoms with van der Waals surface area (Å²) < 4.78 is 26.1. The second-order valence-corrected chi connectivity index (χ2v) is 35.1. The van der Waals surface area contributed by atoms with E-state index in [1.54, 1.807) is 0 Å². The molecule has 66 heavy (non-hydrogen) atoms. The Morgan fingerprint density at radius 1 is 0.227 bits per heavy atom. The Hall–Kier alpha value is -5.65. The molecule has 12 rings (SSSR count). The van der Waals surface area contributed by atoms with Gasteiger partial charge in [0.15, 0.2) is 0 Å². The summed E-state index contributed by atoms with van der Waals surface area (Å²) in [7, 11) is 0. The summed E-state index contributed by atoms with van der Waals surface area (Å²) in [6.07, 6.45) is 0. The monoisotopic (exact) mass is 1200 g/mol. The van der Waals surface area contributed by atoms with Crippen molar-refractivity contribution in [1.82, 2.24) is 0 Å². The summed E-state index contributed by atoms with van der Waals surface area (Å²) in [5, 5.41) is 4.76. The number of benzene rings is 10. The Morgan fingerprint density at radius 3 is 0.712 bits per heavy atom. The topological polar surface area (TPSA) is 26.3 Å². The number of hydrogen-bond acceptors (Lipinski definition) is 2. The fourth-order valence-corrected chi connectivity index (χ4v) is 31.1. The first-order valence-electron chi connectivity index (χ1n) is 22.1. The van der Waals surface area contributed by atoms with Gasteiger partial charge in [-0.25, -0.2) is 0 Å². The quantitative estimate of drug-likeness (QED) is 0.112. The second-order valence-electron chi connectivity index (χ2n) is 16.6. The minimum absolute atomic E-state index is 0.925. The van der Waals surface area contributed by atoms with Crippen LogP contribution < -0.4 is 35.2 Å². The molecule has 2 heterocycles. The van der Waals surface area contributed by atoms with Gasteiger partial charge in [-0.2, -0.15) is 0 Å². The molecule has 0 fully saturated rings. The van der Waals surface area contributed by atoms with Crippen molar-refractivity contribution in [2.75, 3.05) is 0 Å². The molecule has 6 heteroatoms. The Bertz CT molecular complexity index is 3170. The summed E-state index contributed by atoms with van der Waals surface area (Å²) >= 11 is -2.31. The van der Waals surface area contributed by atoms with E-state index in [0.29, 0.717) is 0 Å². The fourth-order valence-electron chi connectivity index (χ4n) is 10.1. The Balaban J connectivity index is 0.000000270. The number of rotatable bonds is 8. The van der Waals surface area contributed by atoms with Gasteiger partial charge < -0.3 is 4.42 Å². The van der Waals surface area contributed by atoms with Gasteiger partial charge >= 0.3 is 306 Å². The molecule has 0 bridgehead atoms. The van der Waals surface area contributed by atoms with Crippen molar-refractivity contribution in [3.05, 3.63) is 262 Å². The van der Waals surface area contributed by atoms with Gasteiger partial charge in [0.2, 0.25) is 0 Å². The molecular formula is C60H42Ge2I2O2. The van der Waals surface area contributed by atoms with Crippen molar-refractivity contribution in [3.8, 4) is 0 Å². The van der Waals surface area contributed by atoms with E-state index >= 15 is 0 Å². The molecule has 0 spiro atoms. The van der Waals surface area contributed by atoms with Gasteiger partial charge in [0.1, 0.15) is 11.2 Å². The van der Waals surface area contributed by atoms with E-state index in [-0.39, 0.29) is 0 Å². The summed E-state index contributed by atoms with van der Waals surface area (Å²) in [6, 6.07) is 93.9. The van der Waals surface area contributed by atoms with E-state index in [9.17, 15) is 0 Å². The van der Waals surface area contributed by atoms with Gasteiger partial charge in [-0.3, -0.25) is 0 Å². The van der Waals surface area contributed by atoms with Crippen LogP contribution in [0.5, 0.6) is 0 Å². The molecule has 316 valence electrons. The number of halogens is 2. The molecule has 0 radical (unpaired) electrons. The van der Waals surface area contributed by atoms with E-state index < -0.39 is 26.5 Å². The van der Waals surface area contributed by atoms with Gasteiger partial charge in [-0.05, 0) is 81.6 Å². The molecule has 12 aromatic rings. The van der Waals surface area contributed by atoms with E-state index in [2.05, 4.69) is 288 Å². The summed E-state index contributed by atoms with van der Waals surface area (Å²) in [6.45, 7) is 0. The van der Waals surface area contributed by atoms with Gasteiger partial charge in [-0.15, -0.1) is 0 Å². The van der Waals surface area contributed by atoms with E-state index in [1.807, 2.05) is 12.1 Å². The third-order valence-electron chi connectivity index (χ3n) is 13.0. The number of hydrogen-bond donors (Lipinski definition) is 0. The first-order valence-corrected chi connectivity index (χ1v) is 32.7. The van der Waals surface area contributed by atoms with Crippen LogP contribution in [0.3, 0.4) is 0 Å². The zero-order valence-corrected chi connectivity index (χ0v) is 44.3. The maximum atomic E-state index is 6.66. The second kappa shape index (κ2) is 18.6. The third-order valence-corrected chi connectivity index (χ3v) is 34.3. The van der Waals surface area contributed by atoms with Crippen LogP contribution in [0, 0.1) is 7.14 Å². The van der Waals surface area contributed by atoms with Gasteiger partial charge in [0, 0.05) is 17.9 Å². The molecule has 2 aromatic heterocycles. The SMILES string of the molecule is Ic1ccc2oc3ccc(I)cc3c2c1.c1cc[c]([Ge]([c]2ccccc2)([c]2ccccc2)[c]2ccc3oc4cc[c]([Ge]([c]5ccccc5)([c]5ccccc5)[c]5ccccc5)cc4c3c2)cc1. The standard InChI is InChI=1S/C48H36Ge2O.C12H6I2O/c1-7-19-37(20-8-1)49(38-21-9-2-10-22-38,39-23-11-3-12-24-39)43-31-33-47-45(35-43)46-36-44(32-34-48(46)51-47)50(40-25-13-4-14-26-40,41-27-15-5-16-28-41)42-29-17-6-18-30-42;13-7-1-3-11-9(5-7)10-6-8(14)2-4-12(10)15-11/h1-36H;1-6H. The summed E-state index contributed by atoms with van der Waals surface area (Å²) in [4.78, 5) is 0. The van der Waals surface area contributed by atoms with Gasteiger partial charge in [0.05, 0.1) is 0 Å². The molecular weight excluding hydrogens is 1150 g/mol. The Morgan fingerprint density at radius 2 is 0.455 bits per heavy atom. The predicted octanol–water partition coefficient (Wildman–Crippen LogP) is 11.1. The average molecular weight is 1190 g/mol. The molecule has 0 unspecified atom stereocenters. The van der Waals surface area contributed by atoms with Crippen molar-refractivity contribution in [2.24, 2.45) is 0 Å². The molecule has 0 saturated carbocycles. The molecule has 0 aliphatic carbocycles. The van der Waals surface area contributed by atoms with Crippen LogP contribution in [-0.2, 0) is 0 Å². The van der Waals surface area contributed by atoms with Crippen molar-refractivity contribution in [3.63, 3.8) is 0 Å². The summed E-state index contributed by atoms with van der Waals surface area (Å²) in [5.74, 6) is 0. The first kappa shape index (κ1) is 42.9. The molecule has 10 aromatic carbocycles. The van der Waals surface area contributed by atoms with Crippen LogP contribution in [0.15, 0.2) is 264 Å². The average Bonchev–Trinajstić information content (AvgIpc) is 3.93. The Labute approximate surface area is 417 Å². The van der Waals surface area contributed by atoms with Crippen molar-refractivity contribution >= 4 is 151 Å². The van der Waals surface area contributed by atoms with E-state index in [4.69, 9.17) is 8.83 Å². The number of furan rings is 2. The zero-order valence-electron chi connectivity index (χ0n) is 35.8. The van der Waals surface area contributed by atoms with Crippen LogP contribution in [0.4, 0.5) is 0 Å². The molecule has 2 nitrogen and oxygen atoms in total. The van der Waals surface area contributed by atoms with Crippen LogP contribution in [0.25, 0.3) is 43.9 Å². The summed E-state index contributed by atoms with van der Waals surface area (Å²) in [5.41, 5.74) is 3.78. The molecule has 0 aliphatic rings. The van der Waals surface area contributed by atoms with Crippen LogP contribution in [-0.4, -0.2) is 26.5 Å². The van der Waals surface area contributed by atoms with Crippen LogP contribution in [0.1, 0.15) is 0 Å². The van der Waals surface area contributed by atoms with Gasteiger partial charge in [0.25, 0.3) is 0 Å². The zero-order chi connectivity index (χ0) is 44.5. The van der Waals surface area contributed by atoms with Crippen LogP contribution in [0.2, 0.25) is 0 Å². The first-order chi connectivity index (χ1) is 32.5. The number of fused-ring (bicyclic) bond motifs is 6. The minimum atomic E-state index is -3.48. The third kappa shape index (κ3) is 7.65. The van der Waals surface area contributed by atoms with Crippen molar-refractivity contribution < 1.29 is 8.83 Å². The fraction of sp³-hybridized carbons (Fsp3) is 0. The molecule has 0 aliphatic heterocycles. The van der Waals surface area contributed by atoms with E-state index in [0.717, 1.165) is 22.3 Å². The van der Waals surface area contributed by atoms with Crippen LogP contribution >= 0.6 is 45.2 Å². The molecule has 0 amide bonds. The normalized spacial score (nSPS) is 11.8. The molecule has 0 atom stereocenters.